The summed E-state index contributed by atoms with van der Waals surface area (Å²) in [5, 5.41) is 16.3. The van der Waals surface area contributed by atoms with Gasteiger partial charge < -0.3 is 18.6 Å². The number of nitrogens with zero attached hydrogens (tertiary/aromatic N) is 4. The largest absolute Gasteiger partial charge is 0.493 e. The van der Waals surface area contributed by atoms with Crippen molar-refractivity contribution in [2.24, 2.45) is 5.92 Å². The fourth-order valence-electron chi connectivity index (χ4n) is 3.68. The maximum atomic E-state index is 5.82. The lowest BCUT2D eigenvalue weighted by atomic mass is 10.0. The molecule has 4 rings (SSSR count). The van der Waals surface area contributed by atoms with Crippen molar-refractivity contribution < 1.29 is 18.6 Å². The second kappa shape index (κ2) is 9.38. The highest BCUT2D eigenvalue weighted by molar-refractivity contribution is 7.98. The fourth-order valence-corrected chi connectivity index (χ4v) is 4.34. The number of benzene rings is 1. The number of ether oxygens (including phenoxy) is 3. The summed E-state index contributed by atoms with van der Waals surface area (Å²) in [6, 6.07) is 3.55. The third-order valence-electron chi connectivity index (χ3n) is 5.17. The van der Waals surface area contributed by atoms with Gasteiger partial charge in [0.2, 0.25) is 22.7 Å². The number of thioether (sulfide) groups is 1. The molecule has 0 bridgehead atoms. The number of nitrogens with one attached hydrogen (secondary N) is 1. The molecule has 1 N–H and O–H groups in total. The molecule has 0 aliphatic heterocycles. The van der Waals surface area contributed by atoms with Gasteiger partial charge in [-0.25, -0.2) is 4.98 Å². The minimum absolute atomic E-state index is 0.377. The highest BCUT2D eigenvalue weighted by Crippen LogP contribution is 2.41. The summed E-state index contributed by atoms with van der Waals surface area (Å²) in [6.07, 6.45) is 6.20. The molecule has 1 aromatic carbocycles. The molecule has 10 heteroatoms. The van der Waals surface area contributed by atoms with Crippen LogP contribution in [0.15, 0.2) is 21.7 Å². The molecule has 0 spiro atoms. The van der Waals surface area contributed by atoms with E-state index in [0.717, 1.165) is 18.2 Å². The number of hydrogen-bond acceptors (Lipinski definition) is 9. The first-order valence-electron chi connectivity index (χ1n) is 9.87. The Kier molecular flexibility index (Phi) is 6.41. The van der Waals surface area contributed by atoms with E-state index in [0.29, 0.717) is 45.5 Å². The number of H-pyrrole nitrogens is 1. The van der Waals surface area contributed by atoms with E-state index in [1.807, 2.05) is 0 Å². The third-order valence-corrected chi connectivity index (χ3v) is 6.00. The molecule has 1 aliphatic carbocycles. The second-order valence-electron chi connectivity index (χ2n) is 7.12. The van der Waals surface area contributed by atoms with Crippen molar-refractivity contribution in [3.63, 3.8) is 0 Å². The minimum Gasteiger partial charge on any atom is -0.493 e. The predicted octanol–water partition coefficient (Wildman–Crippen LogP) is 3.91. The maximum absolute atomic E-state index is 5.82. The van der Waals surface area contributed by atoms with Gasteiger partial charge in [0.15, 0.2) is 11.5 Å². The Morgan fingerprint density at radius 3 is 2.47 bits per heavy atom. The summed E-state index contributed by atoms with van der Waals surface area (Å²) in [6.45, 7) is 0. The number of methoxy groups -OCH3 is 3. The van der Waals surface area contributed by atoms with Crippen molar-refractivity contribution in [3.8, 4) is 28.7 Å². The Hall–Kier alpha value is -2.75. The topological polar surface area (TPSA) is 108 Å². The van der Waals surface area contributed by atoms with Gasteiger partial charge in [-0.1, -0.05) is 37.4 Å². The Bertz CT molecular complexity index is 958. The molecule has 1 saturated carbocycles. The Morgan fingerprint density at radius 1 is 1.07 bits per heavy atom. The van der Waals surface area contributed by atoms with Crippen molar-refractivity contribution in [2.45, 2.75) is 43.0 Å². The summed E-state index contributed by atoms with van der Waals surface area (Å²) >= 11 is 1.46. The van der Waals surface area contributed by atoms with Crippen molar-refractivity contribution >= 4 is 11.8 Å². The standard InChI is InChI=1S/C20H25N5O4S/c1-26-14-9-13(10-15(27-2)18(14)28-3)19-24-23-17(29-19)11-30-20-21-16(22-25-20)8-12-6-4-5-7-12/h9-10,12H,4-8,11H2,1-3H3,(H,21,22,25). The van der Waals surface area contributed by atoms with Crippen LogP contribution in [-0.2, 0) is 12.2 Å². The minimum atomic E-state index is 0.377. The Balaban J connectivity index is 1.41. The highest BCUT2D eigenvalue weighted by Gasteiger charge is 2.19. The molecule has 3 aromatic rings. The Labute approximate surface area is 178 Å². The molecule has 1 aliphatic rings. The van der Waals surface area contributed by atoms with Gasteiger partial charge in [-0.3, -0.25) is 5.10 Å². The van der Waals surface area contributed by atoms with Crippen LogP contribution in [0.4, 0.5) is 0 Å². The zero-order valence-corrected chi connectivity index (χ0v) is 18.1. The van der Waals surface area contributed by atoms with E-state index >= 15 is 0 Å². The molecular weight excluding hydrogens is 406 g/mol. The molecule has 1 fully saturated rings. The van der Waals surface area contributed by atoms with Crippen LogP contribution >= 0.6 is 11.8 Å². The van der Waals surface area contributed by atoms with E-state index in [2.05, 4.69) is 25.4 Å². The zero-order valence-electron chi connectivity index (χ0n) is 17.3. The summed E-state index contributed by atoms with van der Waals surface area (Å²) < 4.78 is 21.9. The molecule has 0 saturated heterocycles. The first kappa shape index (κ1) is 20.5. The van der Waals surface area contributed by atoms with E-state index < -0.39 is 0 Å². The van der Waals surface area contributed by atoms with Crippen LogP contribution in [0.3, 0.4) is 0 Å². The Morgan fingerprint density at radius 2 is 1.80 bits per heavy atom. The molecule has 2 aromatic heterocycles. The lowest BCUT2D eigenvalue weighted by Crippen LogP contribution is -2.00. The van der Waals surface area contributed by atoms with Gasteiger partial charge in [-0.2, -0.15) is 0 Å². The van der Waals surface area contributed by atoms with E-state index in [4.69, 9.17) is 18.6 Å². The SMILES string of the molecule is COc1cc(-c2nnc(CSc3n[nH]c(CC4CCCC4)n3)o2)cc(OC)c1OC. The van der Waals surface area contributed by atoms with Gasteiger partial charge >= 0.3 is 0 Å². The van der Waals surface area contributed by atoms with Crippen LogP contribution in [-0.4, -0.2) is 46.7 Å². The number of rotatable bonds is 9. The summed E-state index contributed by atoms with van der Waals surface area (Å²) in [7, 11) is 4.69. The van der Waals surface area contributed by atoms with Gasteiger partial charge in [0, 0.05) is 12.0 Å². The van der Waals surface area contributed by atoms with Crippen LogP contribution in [0.1, 0.15) is 37.4 Å². The molecule has 0 radical (unpaired) electrons. The van der Waals surface area contributed by atoms with Crippen molar-refractivity contribution in [2.75, 3.05) is 21.3 Å². The molecule has 2 heterocycles. The summed E-state index contributed by atoms with van der Waals surface area (Å²) in [4.78, 5) is 4.58. The highest BCUT2D eigenvalue weighted by atomic mass is 32.2. The quantitative estimate of drug-likeness (QED) is 0.504. The predicted molar refractivity (Wildman–Crippen MR) is 111 cm³/mol. The van der Waals surface area contributed by atoms with Gasteiger partial charge in [0.1, 0.15) is 5.82 Å². The molecule has 9 nitrogen and oxygen atoms in total. The first-order valence-corrected chi connectivity index (χ1v) is 10.9. The van der Waals surface area contributed by atoms with Crippen LogP contribution in [0.2, 0.25) is 0 Å². The molecule has 30 heavy (non-hydrogen) atoms. The van der Waals surface area contributed by atoms with Crippen molar-refractivity contribution in [1.29, 1.82) is 0 Å². The molecular formula is C20H25N5O4S. The average Bonchev–Trinajstić information content (AvgIpc) is 3.53. The van der Waals surface area contributed by atoms with E-state index in [-0.39, 0.29) is 0 Å². The smallest absolute Gasteiger partial charge is 0.248 e. The van der Waals surface area contributed by atoms with Crippen LogP contribution in [0.25, 0.3) is 11.5 Å². The van der Waals surface area contributed by atoms with Crippen LogP contribution < -0.4 is 14.2 Å². The third kappa shape index (κ3) is 4.53. The van der Waals surface area contributed by atoms with Crippen molar-refractivity contribution in [1.82, 2.24) is 25.4 Å². The van der Waals surface area contributed by atoms with E-state index in [1.165, 1.54) is 37.4 Å². The van der Waals surface area contributed by atoms with Crippen LogP contribution in [0, 0.1) is 5.92 Å². The molecule has 160 valence electrons. The van der Waals surface area contributed by atoms with Gasteiger partial charge in [-0.05, 0) is 18.1 Å². The number of hydrogen-bond donors (Lipinski definition) is 1. The first-order chi connectivity index (χ1) is 14.7. The molecule has 0 unspecified atom stereocenters. The second-order valence-corrected chi connectivity index (χ2v) is 8.07. The zero-order chi connectivity index (χ0) is 20.9. The number of aromatic nitrogens is 5. The molecule has 0 amide bonds. The maximum Gasteiger partial charge on any atom is 0.248 e. The fraction of sp³-hybridized carbons (Fsp3) is 0.500. The average molecular weight is 432 g/mol. The van der Waals surface area contributed by atoms with E-state index in [1.54, 1.807) is 33.5 Å². The van der Waals surface area contributed by atoms with Gasteiger partial charge in [0.25, 0.3) is 0 Å². The van der Waals surface area contributed by atoms with E-state index in [9.17, 15) is 0 Å². The van der Waals surface area contributed by atoms with Crippen molar-refractivity contribution in [3.05, 3.63) is 23.8 Å². The monoisotopic (exact) mass is 431 g/mol. The van der Waals surface area contributed by atoms with Gasteiger partial charge in [0.05, 0.1) is 27.1 Å². The summed E-state index contributed by atoms with van der Waals surface area (Å²) in [5.74, 6) is 4.59. The molecule has 0 atom stereocenters. The lowest BCUT2D eigenvalue weighted by Gasteiger charge is -2.12. The number of aromatic amines is 1. The summed E-state index contributed by atoms with van der Waals surface area (Å²) in [5.41, 5.74) is 0.685. The normalized spacial score (nSPS) is 14.2. The van der Waals surface area contributed by atoms with Crippen LogP contribution in [0.5, 0.6) is 17.2 Å². The van der Waals surface area contributed by atoms with Gasteiger partial charge in [-0.15, -0.1) is 15.3 Å². The lowest BCUT2D eigenvalue weighted by molar-refractivity contribution is 0.324.